The quantitative estimate of drug-likeness (QED) is 0.783. The van der Waals surface area contributed by atoms with Crippen LogP contribution in [0.4, 0.5) is 0 Å². The molecule has 0 fully saturated rings. The molecule has 2 aromatic heterocycles. The standard InChI is InChI=1S/C12H9BrN4S/c1-7-10(8-4-2-3-5-9(8)13)16-12(18-7)11-14-6-15-17-11/h2-6H,1H3,(H,14,15,17). The van der Waals surface area contributed by atoms with E-state index < -0.39 is 0 Å². The maximum absolute atomic E-state index is 4.64. The van der Waals surface area contributed by atoms with Gasteiger partial charge in [0, 0.05) is 14.9 Å². The Labute approximate surface area is 116 Å². The van der Waals surface area contributed by atoms with Gasteiger partial charge in [0.15, 0.2) is 10.8 Å². The van der Waals surface area contributed by atoms with Crippen LogP contribution in [-0.4, -0.2) is 20.2 Å². The summed E-state index contributed by atoms with van der Waals surface area (Å²) in [7, 11) is 0. The molecule has 1 N–H and O–H groups in total. The second kappa shape index (κ2) is 4.62. The summed E-state index contributed by atoms with van der Waals surface area (Å²) in [5.41, 5.74) is 2.08. The lowest BCUT2D eigenvalue weighted by Gasteiger charge is -2.01. The van der Waals surface area contributed by atoms with Gasteiger partial charge in [-0.2, -0.15) is 5.10 Å². The minimum absolute atomic E-state index is 0.710. The maximum atomic E-state index is 4.64. The molecule has 0 aliphatic carbocycles. The first kappa shape index (κ1) is 11.6. The summed E-state index contributed by atoms with van der Waals surface area (Å²) < 4.78 is 1.04. The van der Waals surface area contributed by atoms with E-state index >= 15 is 0 Å². The van der Waals surface area contributed by atoms with Gasteiger partial charge >= 0.3 is 0 Å². The first-order chi connectivity index (χ1) is 8.75. The molecule has 90 valence electrons. The molecule has 0 saturated heterocycles. The molecule has 3 rings (SSSR count). The van der Waals surface area contributed by atoms with Crippen molar-refractivity contribution in [1.82, 2.24) is 20.2 Å². The van der Waals surface area contributed by atoms with Crippen molar-refractivity contribution >= 4 is 27.3 Å². The minimum Gasteiger partial charge on any atom is -0.257 e. The lowest BCUT2D eigenvalue weighted by Crippen LogP contribution is -1.83. The van der Waals surface area contributed by atoms with E-state index in [-0.39, 0.29) is 0 Å². The molecule has 0 aliphatic heterocycles. The molecular weight excluding hydrogens is 312 g/mol. The van der Waals surface area contributed by atoms with Gasteiger partial charge in [0.1, 0.15) is 6.33 Å². The van der Waals surface area contributed by atoms with E-state index in [1.807, 2.05) is 18.2 Å². The summed E-state index contributed by atoms with van der Waals surface area (Å²) in [5.74, 6) is 0.710. The number of nitrogens with one attached hydrogen (secondary N) is 1. The van der Waals surface area contributed by atoms with Crippen LogP contribution in [0.25, 0.3) is 22.1 Å². The topological polar surface area (TPSA) is 54.5 Å². The molecule has 0 radical (unpaired) electrons. The fraction of sp³-hybridized carbons (Fsp3) is 0.0833. The van der Waals surface area contributed by atoms with E-state index in [9.17, 15) is 0 Å². The van der Waals surface area contributed by atoms with Crippen molar-refractivity contribution in [2.24, 2.45) is 0 Å². The smallest absolute Gasteiger partial charge is 0.184 e. The Morgan fingerprint density at radius 1 is 1.28 bits per heavy atom. The van der Waals surface area contributed by atoms with Crippen LogP contribution >= 0.6 is 27.3 Å². The average Bonchev–Trinajstić information content (AvgIpc) is 2.99. The van der Waals surface area contributed by atoms with Crippen molar-refractivity contribution in [2.75, 3.05) is 0 Å². The van der Waals surface area contributed by atoms with Crippen molar-refractivity contribution in [3.63, 3.8) is 0 Å². The molecule has 1 aromatic carbocycles. The number of H-pyrrole nitrogens is 1. The first-order valence-electron chi connectivity index (χ1n) is 5.34. The molecule has 18 heavy (non-hydrogen) atoms. The molecule has 0 amide bonds. The Kier molecular flexibility index (Phi) is 2.97. The highest BCUT2D eigenvalue weighted by Gasteiger charge is 2.14. The Hall–Kier alpha value is -1.53. The van der Waals surface area contributed by atoms with Crippen molar-refractivity contribution < 1.29 is 0 Å². The van der Waals surface area contributed by atoms with Gasteiger partial charge in [-0.25, -0.2) is 9.97 Å². The van der Waals surface area contributed by atoms with Crippen LogP contribution in [0.5, 0.6) is 0 Å². The number of hydrogen-bond acceptors (Lipinski definition) is 4. The molecule has 0 aliphatic rings. The predicted molar refractivity (Wildman–Crippen MR) is 75.4 cm³/mol. The summed E-state index contributed by atoms with van der Waals surface area (Å²) >= 11 is 5.16. The summed E-state index contributed by atoms with van der Waals surface area (Å²) in [6, 6.07) is 8.07. The lowest BCUT2D eigenvalue weighted by molar-refractivity contribution is 1.09. The maximum Gasteiger partial charge on any atom is 0.184 e. The second-order valence-electron chi connectivity index (χ2n) is 3.74. The Balaban J connectivity index is 2.12. The van der Waals surface area contributed by atoms with Crippen molar-refractivity contribution in [2.45, 2.75) is 6.92 Å². The van der Waals surface area contributed by atoms with E-state index in [0.29, 0.717) is 5.82 Å². The zero-order chi connectivity index (χ0) is 12.5. The third-order valence-electron chi connectivity index (χ3n) is 2.54. The van der Waals surface area contributed by atoms with Gasteiger partial charge in [-0.05, 0) is 13.0 Å². The second-order valence-corrected chi connectivity index (χ2v) is 5.80. The largest absolute Gasteiger partial charge is 0.257 e. The minimum atomic E-state index is 0.710. The number of hydrogen-bond donors (Lipinski definition) is 1. The highest BCUT2D eigenvalue weighted by Crippen LogP contribution is 2.35. The molecule has 0 unspecified atom stereocenters. The van der Waals surface area contributed by atoms with E-state index in [1.54, 1.807) is 11.3 Å². The highest BCUT2D eigenvalue weighted by molar-refractivity contribution is 9.10. The lowest BCUT2D eigenvalue weighted by atomic mass is 10.1. The molecule has 3 aromatic rings. The molecule has 6 heteroatoms. The Morgan fingerprint density at radius 3 is 2.83 bits per heavy atom. The number of aromatic nitrogens is 4. The van der Waals surface area contributed by atoms with Crippen LogP contribution in [0.3, 0.4) is 0 Å². The number of halogens is 1. The SMILES string of the molecule is Cc1sc(-c2ncn[nH]2)nc1-c1ccccc1Br. The molecule has 2 heterocycles. The van der Waals surface area contributed by atoms with Crippen LogP contribution in [0.1, 0.15) is 4.88 Å². The first-order valence-corrected chi connectivity index (χ1v) is 6.94. The zero-order valence-electron chi connectivity index (χ0n) is 9.51. The molecule has 4 nitrogen and oxygen atoms in total. The van der Waals surface area contributed by atoms with Crippen LogP contribution in [0.15, 0.2) is 35.1 Å². The summed E-state index contributed by atoms with van der Waals surface area (Å²) in [4.78, 5) is 9.93. The summed E-state index contributed by atoms with van der Waals surface area (Å²) in [6.07, 6.45) is 1.49. The zero-order valence-corrected chi connectivity index (χ0v) is 11.9. The molecule has 0 atom stereocenters. The predicted octanol–water partition coefficient (Wildman–Crippen LogP) is 3.67. The third kappa shape index (κ3) is 1.97. The normalized spacial score (nSPS) is 10.8. The third-order valence-corrected chi connectivity index (χ3v) is 4.21. The van der Waals surface area contributed by atoms with Gasteiger partial charge in [-0.15, -0.1) is 11.3 Å². The monoisotopic (exact) mass is 320 g/mol. The van der Waals surface area contributed by atoms with Gasteiger partial charge in [0.05, 0.1) is 5.69 Å². The highest BCUT2D eigenvalue weighted by atomic mass is 79.9. The van der Waals surface area contributed by atoms with Crippen LogP contribution < -0.4 is 0 Å². The molecule has 0 spiro atoms. The van der Waals surface area contributed by atoms with Crippen molar-refractivity contribution in [3.8, 4) is 22.1 Å². The van der Waals surface area contributed by atoms with Gasteiger partial charge in [-0.3, -0.25) is 5.10 Å². The fourth-order valence-corrected chi connectivity index (χ4v) is 3.06. The van der Waals surface area contributed by atoms with Crippen molar-refractivity contribution in [3.05, 3.63) is 39.9 Å². The number of benzene rings is 1. The van der Waals surface area contributed by atoms with E-state index in [2.05, 4.69) is 49.1 Å². The van der Waals surface area contributed by atoms with Crippen LogP contribution in [-0.2, 0) is 0 Å². The Morgan fingerprint density at radius 2 is 2.11 bits per heavy atom. The number of aromatic amines is 1. The molecule has 0 bridgehead atoms. The average molecular weight is 321 g/mol. The van der Waals surface area contributed by atoms with E-state index in [1.165, 1.54) is 6.33 Å². The van der Waals surface area contributed by atoms with Crippen LogP contribution in [0, 0.1) is 6.92 Å². The number of thiazole rings is 1. The fourth-order valence-electron chi connectivity index (χ4n) is 1.71. The number of rotatable bonds is 2. The molecular formula is C12H9BrN4S. The van der Waals surface area contributed by atoms with Gasteiger partial charge in [0.2, 0.25) is 0 Å². The van der Waals surface area contributed by atoms with E-state index in [4.69, 9.17) is 0 Å². The summed E-state index contributed by atoms with van der Waals surface area (Å²) in [6.45, 7) is 2.06. The van der Waals surface area contributed by atoms with Crippen molar-refractivity contribution in [1.29, 1.82) is 0 Å². The Bertz CT molecular complexity index is 675. The summed E-state index contributed by atoms with van der Waals surface area (Å²) in [5, 5.41) is 7.54. The molecule has 0 saturated carbocycles. The van der Waals surface area contributed by atoms with Gasteiger partial charge in [-0.1, -0.05) is 34.1 Å². The van der Waals surface area contributed by atoms with Gasteiger partial charge in [0.25, 0.3) is 0 Å². The van der Waals surface area contributed by atoms with Crippen LogP contribution in [0.2, 0.25) is 0 Å². The van der Waals surface area contributed by atoms with Gasteiger partial charge < -0.3 is 0 Å². The van der Waals surface area contributed by atoms with E-state index in [0.717, 1.165) is 25.6 Å². The number of aryl methyl sites for hydroxylation is 1. The number of nitrogens with zero attached hydrogens (tertiary/aromatic N) is 3.